The highest BCUT2D eigenvalue weighted by Gasteiger charge is 2.59. The summed E-state index contributed by atoms with van der Waals surface area (Å²) >= 11 is 0. The van der Waals surface area contributed by atoms with Crippen LogP contribution < -0.4 is 5.32 Å². The molecule has 3 aliphatic heterocycles. The van der Waals surface area contributed by atoms with Crippen molar-refractivity contribution in [2.45, 2.75) is 141 Å². The van der Waals surface area contributed by atoms with Gasteiger partial charge in [0.15, 0.2) is 17.7 Å². The average molecular weight is 699 g/mol. The van der Waals surface area contributed by atoms with Crippen LogP contribution in [0.15, 0.2) is 0 Å². The number of amides is 1. The molecule has 3 rings (SSSR count). The predicted octanol–water partition coefficient (Wildman–Crippen LogP) is 2.80. The molecule has 0 aromatic carbocycles. The van der Waals surface area contributed by atoms with E-state index in [4.69, 9.17) is 28.4 Å². The molecule has 3 aliphatic rings. The highest BCUT2D eigenvalue weighted by Crippen LogP contribution is 2.43. The van der Waals surface area contributed by atoms with Crippen molar-refractivity contribution >= 4 is 29.6 Å². The van der Waals surface area contributed by atoms with Gasteiger partial charge in [0.1, 0.15) is 23.4 Å². The highest BCUT2D eigenvalue weighted by atomic mass is 16.7. The quantitative estimate of drug-likeness (QED) is 0.215. The van der Waals surface area contributed by atoms with Gasteiger partial charge in [0.05, 0.1) is 31.0 Å². The maximum Gasteiger partial charge on any atom is 0.408 e. The first-order valence-electron chi connectivity index (χ1n) is 17.3. The van der Waals surface area contributed by atoms with Crippen LogP contribution in [0.1, 0.15) is 87.5 Å². The molecular weight excluding hydrogens is 640 g/mol. The second kappa shape index (κ2) is 15.7. The molecule has 13 atom stereocenters. The molecule has 14 nitrogen and oxygen atoms in total. The summed E-state index contributed by atoms with van der Waals surface area (Å²) in [4.78, 5) is 70.2. The van der Waals surface area contributed by atoms with E-state index in [9.17, 15) is 29.1 Å². The lowest BCUT2D eigenvalue weighted by atomic mass is 9.70. The molecule has 3 saturated heterocycles. The molecule has 0 radical (unpaired) electrons. The number of fused-ring (bicyclic) bond motifs is 1. The molecule has 49 heavy (non-hydrogen) atoms. The Morgan fingerprint density at radius 3 is 2.22 bits per heavy atom. The van der Waals surface area contributed by atoms with Crippen LogP contribution in [0.2, 0.25) is 0 Å². The first kappa shape index (κ1) is 40.8. The van der Waals surface area contributed by atoms with Crippen molar-refractivity contribution in [3.63, 3.8) is 0 Å². The maximum absolute atomic E-state index is 14.8. The number of ether oxygens (including phenoxy) is 6. The molecule has 3 fully saturated rings. The van der Waals surface area contributed by atoms with E-state index in [2.05, 4.69) is 5.32 Å². The van der Waals surface area contributed by atoms with Crippen molar-refractivity contribution in [2.75, 3.05) is 28.3 Å². The zero-order valence-corrected chi connectivity index (χ0v) is 31.2. The van der Waals surface area contributed by atoms with Crippen LogP contribution in [0.3, 0.4) is 0 Å². The number of ketones is 2. The van der Waals surface area contributed by atoms with Crippen molar-refractivity contribution in [1.29, 1.82) is 0 Å². The van der Waals surface area contributed by atoms with Crippen LogP contribution in [0.5, 0.6) is 0 Å². The fourth-order valence-corrected chi connectivity index (χ4v) is 7.96. The van der Waals surface area contributed by atoms with E-state index < -0.39 is 88.8 Å². The molecule has 0 spiro atoms. The minimum absolute atomic E-state index is 0.0726. The van der Waals surface area contributed by atoms with Gasteiger partial charge in [-0.2, -0.15) is 0 Å². The number of carbonyl (C=O) groups excluding carboxylic acids is 5. The van der Waals surface area contributed by atoms with Crippen LogP contribution in [0.4, 0.5) is 4.79 Å². The van der Waals surface area contributed by atoms with Crippen molar-refractivity contribution in [1.82, 2.24) is 10.2 Å². The van der Waals surface area contributed by atoms with Crippen molar-refractivity contribution in [3.05, 3.63) is 0 Å². The van der Waals surface area contributed by atoms with E-state index in [0.717, 1.165) is 0 Å². The lowest BCUT2D eigenvalue weighted by Crippen LogP contribution is -2.61. The van der Waals surface area contributed by atoms with Gasteiger partial charge in [-0.05, 0) is 67.5 Å². The van der Waals surface area contributed by atoms with E-state index in [1.165, 1.54) is 21.1 Å². The van der Waals surface area contributed by atoms with Gasteiger partial charge in [0.25, 0.3) is 0 Å². The summed E-state index contributed by atoms with van der Waals surface area (Å²) in [6, 6.07) is -1.19. The van der Waals surface area contributed by atoms with Gasteiger partial charge in [-0.3, -0.25) is 19.2 Å². The molecular formula is C35H58N2O12. The second-order valence-electron chi connectivity index (χ2n) is 15.0. The highest BCUT2D eigenvalue weighted by molar-refractivity contribution is 6.05. The number of hydrogen-bond acceptors (Lipinski definition) is 13. The average Bonchev–Trinajstić information content (AvgIpc) is 3.37. The lowest BCUT2D eigenvalue weighted by molar-refractivity contribution is -0.295. The van der Waals surface area contributed by atoms with Crippen LogP contribution in [-0.2, 0) is 47.6 Å². The smallest absolute Gasteiger partial charge is 0.408 e. The first-order valence-corrected chi connectivity index (χ1v) is 17.3. The predicted molar refractivity (Wildman–Crippen MR) is 176 cm³/mol. The van der Waals surface area contributed by atoms with Crippen LogP contribution >= 0.6 is 0 Å². The number of carbonyl (C=O) groups is 5. The van der Waals surface area contributed by atoms with E-state index >= 15 is 0 Å². The SMILES string of the molecule is CC[C@@H]1OC(=O)C(C)(CCC(=O)OC)C(=O)[C@H](C)[C@@H](OC2O[C@H](C)C[C@H](N(C)C)[C@H]2O)[C@@](C)(OC)C[C@@H](C)C(=O)[C@@H](C)C2NC(=O)OC21C. The van der Waals surface area contributed by atoms with E-state index in [1.807, 2.05) is 25.9 Å². The maximum atomic E-state index is 14.8. The first-order chi connectivity index (χ1) is 22.7. The van der Waals surface area contributed by atoms with E-state index in [0.29, 0.717) is 6.42 Å². The Kier molecular flexibility index (Phi) is 13.1. The third-order valence-electron chi connectivity index (χ3n) is 11.2. The van der Waals surface area contributed by atoms with Gasteiger partial charge in [-0.15, -0.1) is 0 Å². The fourth-order valence-electron chi connectivity index (χ4n) is 7.96. The standard InChI is InChI=1S/C35H58N2O12/c1-13-23-35(8)27(36-32(43)49-35)20(4)25(39)18(2)17-34(7,45-12)29(48-30-26(40)22(37(9)10)16-19(3)46-30)21(5)28(41)33(6,31(42)47-23)15-14-24(38)44-11/h18-23,26-27,29-30,40H,13-17H2,1-12H3,(H,36,43)/t18-,19-,20-,21+,22+,23+,26-,27?,29-,30?,33?,34+,35?/m1/s1. The largest absolute Gasteiger partial charge is 0.469 e. The Morgan fingerprint density at radius 1 is 1.04 bits per heavy atom. The topological polar surface area (TPSA) is 176 Å². The number of hydrogen-bond donors (Lipinski definition) is 2. The molecule has 0 aliphatic carbocycles. The van der Waals surface area contributed by atoms with E-state index in [-0.39, 0.29) is 43.6 Å². The molecule has 0 bridgehead atoms. The van der Waals surface area contributed by atoms with Crippen molar-refractivity contribution in [2.24, 2.45) is 23.2 Å². The van der Waals surface area contributed by atoms with E-state index in [1.54, 1.807) is 41.5 Å². The Balaban J connectivity index is 2.23. The monoisotopic (exact) mass is 698 g/mol. The van der Waals surface area contributed by atoms with Crippen LogP contribution in [0.25, 0.3) is 0 Å². The molecule has 2 N–H and O–H groups in total. The number of cyclic esters (lactones) is 1. The molecule has 3 heterocycles. The Bertz CT molecular complexity index is 1240. The number of nitrogens with zero attached hydrogens (tertiary/aromatic N) is 1. The zero-order chi connectivity index (χ0) is 37.2. The third-order valence-corrected chi connectivity index (χ3v) is 11.2. The summed E-state index contributed by atoms with van der Waals surface area (Å²) in [5, 5.41) is 14.2. The number of aliphatic hydroxyl groups is 1. The Hall–Kier alpha value is -2.65. The molecule has 0 aromatic heterocycles. The molecule has 1 amide bonds. The van der Waals surface area contributed by atoms with Gasteiger partial charge in [-0.25, -0.2) is 4.79 Å². The summed E-state index contributed by atoms with van der Waals surface area (Å²) in [6.07, 6.45) is -5.27. The van der Waals surface area contributed by atoms with Gasteiger partial charge < -0.3 is 43.7 Å². The minimum Gasteiger partial charge on any atom is -0.469 e. The van der Waals surface area contributed by atoms with Crippen LogP contribution in [-0.4, -0.2) is 122 Å². The molecule has 280 valence electrons. The molecule has 0 aromatic rings. The summed E-state index contributed by atoms with van der Waals surface area (Å²) in [6.45, 7) is 13.4. The van der Waals surface area contributed by atoms with Gasteiger partial charge in [0, 0.05) is 37.3 Å². The molecule has 0 saturated carbocycles. The number of alkyl carbamates (subject to hydrolysis) is 1. The summed E-state index contributed by atoms with van der Waals surface area (Å²) in [5.41, 5.74) is -4.70. The number of nitrogens with one attached hydrogen (secondary N) is 1. The zero-order valence-electron chi connectivity index (χ0n) is 31.2. The normalized spacial score (nSPS) is 42.5. The van der Waals surface area contributed by atoms with Gasteiger partial charge in [0.2, 0.25) is 0 Å². The number of esters is 2. The second-order valence-corrected chi connectivity index (χ2v) is 15.0. The third kappa shape index (κ3) is 8.14. The minimum atomic E-state index is -1.90. The number of Topliss-reactive ketones (excluding diaryl/α,β-unsaturated/α-hetero) is 2. The number of likely N-dealkylation sites (N-methyl/N-ethyl adjacent to an activating group) is 1. The Labute approximate surface area is 290 Å². The summed E-state index contributed by atoms with van der Waals surface area (Å²) < 4.78 is 35.5. The molecule has 14 heteroatoms. The summed E-state index contributed by atoms with van der Waals surface area (Å²) in [7, 11) is 6.34. The van der Waals surface area contributed by atoms with Crippen LogP contribution in [0, 0.1) is 23.2 Å². The number of aliphatic hydroxyl groups excluding tert-OH is 1. The fraction of sp³-hybridized carbons (Fsp3) is 0.857. The number of methoxy groups -OCH3 is 2. The molecule has 4 unspecified atom stereocenters. The van der Waals surface area contributed by atoms with Crippen molar-refractivity contribution < 1.29 is 57.5 Å². The lowest BCUT2D eigenvalue weighted by Gasteiger charge is -2.47. The van der Waals surface area contributed by atoms with Crippen molar-refractivity contribution in [3.8, 4) is 0 Å². The summed E-state index contributed by atoms with van der Waals surface area (Å²) in [5.74, 6) is -4.93. The Morgan fingerprint density at radius 2 is 1.67 bits per heavy atom. The van der Waals surface area contributed by atoms with Gasteiger partial charge in [-0.1, -0.05) is 27.7 Å². The number of rotatable bonds is 8. The van der Waals surface area contributed by atoms with Gasteiger partial charge >= 0.3 is 18.0 Å².